The standard InChI is InChI=1S/C10H17ClN4/c1-4-6(2)7(3)13-9-5-8(11)14-10(12)15-9/h5-7H,4H2,1-3H3,(H3,12,13,14,15). The summed E-state index contributed by atoms with van der Waals surface area (Å²) in [6, 6.07) is 2.01. The molecule has 0 aliphatic heterocycles. The van der Waals surface area contributed by atoms with Crippen LogP contribution in [0.1, 0.15) is 27.2 Å². The van der Waals surface area contributed by atoms with E-state index in [-0.39, 0.29) is 5.95 Å². The van der Waals surface area contributed by atoms with Crippen LogP contribution in [0.15, 0.2) is 6.07 Å². The number of rotatable bonds is 4. The van der Waals surface area contributed by atoms with Gasteiger partial charge in [0.05, 0.1) is 0 Å². The number of nitrogens with one attached hydrogen (secondary N) is 1. The van der Waals surface area contributed by atoms with Gasteiger partial charge in [-0.15, -0.1) is 0 Å². The Morgan fingerprint density at radius 3 is 2.67 bits per heavy atom. The fourth-order valence-electron chi connectivity index (χ4n) is 1.24. The molecular formula is C10H17ClN4. The highest BCUT2D eigenvalue weighted by molar-refractivity contribution is 6.29. The van der Waals surface area contributed by atoms with Crippen LogP contribution in [0.2, 0.25) is 5.15 Å². The fraction of sp³-hybridized carbons (Fsp3) is 0.600. The van der Waals surface area contributed by atoms with Crippen molar-refractivity contribution < 1.29 is 0 Å². The monoisotopic (exact) mass is 228 g/mol. The lowest BCUT2D eigenvalue weighted by Gasteiger charge is -2.20. The minimum absolute atomic E-state index is 0.196. The van der Waals surface area contributed by atoms with Crippen LogP contribution in [0, 0.1) is 5.92 Å². The molecule has 0 aromatic carbocycles. The Morgan fingerprint density at radius 2 is 2.13 bits per heavy atom. The molecule has 5 heteroatoms. The number of halogens is 1. The van der Waals surface area contributed by atoms with E-state index in [9.17, 15) is 0 Å². The van der Waals surface area contributed by atoms with Crippen molar-refractivity contribution in [3.8, 4) is 0 Å². The second-order valence-electron chi connectivity index (χ2n) is 3.75. The smallest absolute Gasteiger partial charge is 0.223 e. The first kappa shape index (κ1) is 12.0. The summed E-state index contributed by atoms with van der Waals surface area (Å²) in [4.78, 5) is 7.86. The Balaban J connectivity index is 2.72. The van der Waals surface area contributed by atoms with Gasteiger partial charge in [-0.2, -0.15) is 4.98 Å². The van der Waals surface area contributed by atoms with Crippen molar-refractivity contribution in [1.82, 2.24) is 9.97 Å². The average Bonchev–Trinajstić information content (AvgIpc) is 2.14. The van der Waals surface area contributed by atoms with Gasteiger partial charge in [0.1, 0.15) is 11.0 Å². The van der Waals surface area contributed by atoms with Crippen LogP contribution in [-0.2, 0) is 0 Å². The van der Waals surface area contributed by atoms with Crippen molar-refractivity contribution in [2.45, 2.75) is 33.2 Å². The molecule has 0 bridgehead atoms. The Hall–Kier alpha value is -1.03. The highest BCUT2D eigenvalue weighted by atomic mass is 35.5. The Bertz CT molecular complexity index is 309. The van der Waals surface area contributed by atoms with Gasteiger partial charge in [0.15, 0.2) is 0 Å². The van der Waals surface area contributed by atoms with E-state index in [1.54, 1.807) is 6.07 Å². The molecule has 0 spiro atoms. The molecule has 2 atom stereocenters. The zero-order chi connectivity index (χ0) is 11.4. The van der Waals surface area contributed by atoms with Gasteiger partial charge in [0.2, 0.25) is 5.95 Å². The maximum atomic E-state index is 5.78. The van der Waals surface area contributed by atoms with E-state index in [1.807, 2.05) is 0 Å². The first-order valence-electron chi connectivity index (χ1n) is 5.09. The van der Waals surface area contributed by atoms with Gasteiger partial charge in [-0.25, -0.2) is 4.98 Å². The Morgan fingerprint density at radius 1 is 1.47 bits per heavy atom. The molecule has 1 rings (SSSR count). The Kier molecular flexibility index (Phi) is 4.15. The molecule has 1 aromatic heterocycles. The highest BCUT2D eigenvalue weighted by Gasteiger charge is 2.11. The second-order valence-corrected chi connectivity index (χ2v) is 4.14. The molecule has 2 unspecified atom stereocenters. The third-order valence-corrected chi connectivity index (χ3v) is 2.78. The lowest BCUT2D eigenvalue weighted by molar-refractivity contribution is 0.493. The SMILES string of the molecule is CCC(C)C(C)Nc1cc(Cl)nc(N)n1. The normalized spacial score (nSPS) is 14.7. The lowest BCUT2D eigenvalue weighted by Crippen LogP contribution is -2.24. The summed E-state index contributed by atoms with van der Waals surface area (Å²) in [6.45, 7) is 6.45. The predicted octanol–water partition coefficient (Wildman–Crippen LogP) is 2.56. The molecule has 1 aromatic rings. The summed E-state index contributed by atoms with van der Waals surface area (Å²) in [6.07, 6.45) is 1.11. The van der Waals surface area contributed by atoms with Gasteiger partial charge in [-0.3, -0.25) is 0 Å². The van der Waals surface area contributed by atoms with E-state index < -0.39 is 0 Å². The molecule has 0 aliphatic rings. The molecule has 0 amide bonds. The van der Waals surface area contributed by atoms with Gasteiger partial charge in [-0.1, -0.05) is 31.9 Å². The highest BCUT2D eigenvalue weighted by Crippen LogP contribution is 2.16. The maximum absolute atomic E-state index is 5.78. The first-order valence-corrected chi connectivity index (χ1v) is 5.47. The van der Waals surface area contributed by atoms with Crippen LogP contribution >= 0.6 is 11.6 Å². The van der Waals surface area contributed by atoms with Crippen LogP contribution in [0.3, 0.4) is 0 Å². The fourth-order valence-corrected chi connectivity index (χ4v) is 1.43. The van der Waals surface area contributed by atoms with E-state index >= 15 is 0 Å². The van der Waals surface area contributed by atoms with Crippen molar-refractivity contribution >= 4 is 23.4 Å². The van der Waals surface area contributed by atoms with Crippen LogP contribution < -0.4 is 11.1 Å². The molecule has 0 radical (unpaired) electrons. The molecule has 0 saturated heterocycles. The number of nitrogens with zero attached hydrogens (tertiary/aromatic N) is 2. The van der Waals surface area contributed by atoms with Gasteiger partial charge < -0.3 is 11.1 Å². The topological polar surface area (TPSA) is 63.8 Å². The van der Waals surface area contributed by atoms with Crippen molar-refractivity contribution in [3.05, 3.63) is 11.2 Å². The summed E-state index contributed by atoms with van der Waals surface area (Å²) < 4.78 is 0. The zero-order valence-electron chi connectivity index (χ0n) is 9.29. The lowest BCUT2D eigenvalue weighted by atomic mass is 10.0. The average molecular weight is 229 g/mol. The third kappa shape index (κ3) is 3.55. The molecule has 84 valence electrons. The predicted molar refractivity (Wildman–Crippen MR) is 64.0 cm³/mol. The number of hydrogen-bond donors (Lipinski definition) is 2. The van der Waals surface area contributed by atoms with Gasteiger partial charge in [0, 0.05) is 12.1 Å². The van der Waals surface area contributed by atoms with Gasteiger partial charge in [0.25, 0.3) is 0 Å². The number of aromatic nitrogens is 2. The number of nitrogens with two attached hydrogens (primary N) is 1. The van der Waals surface area contributed by atoms with Crippen LogP contribution in [-0.4, -0.2) is 16.0 Å². The van der Waals surface area contributed by atoms with Crippen LogP contribution in [0.25, 0.3) is 0 Å². The summed E-state index contributed by atoms with van der Waals surface area (Å²) in [5, 5.41) is 3.62. The first-order chi connectivity index (χ1) is 7.02. The van der Waals surface area contributed by atoms with E-state index in [0.717, 1.165) is 6.42 Å². The van der Waals surface area contributed by atoms with Crippen molar-refractivity contribution in [2.75, 3.05) is 11.1 Å². The molecule has 1 heterocycles. The second kappa shape index (κ2) is 5.16. The summed E-state index contributed by atoms with van der Waals surface area (Å²) in [5.74, 6) is 1.45. The number of anilines is 2. The van der Waals surface area contributed by atoms with Crippen molar-refractivity contribution in [2.24, 2.45) is 5.92 Å². The molecule has 4 nitrogen and oxygen atoms in total. The summed E-state index contributed by atoms with van der Waals surface area (Å²) in [7, 11) is 0. The summed E-state index contributed by atoms with van der Waals surface area (Å²) >= 11 is 5.78. The molecule has 0 fully saturated rings. The molecular weight excluding hydrogens is 212 g/mol. The minimum atomic E-state index is 0.196. The van der Waals surface area contributed by atoms with Crippen molar-refractivity contribution in [1.29, 1.82) is 0 Å². The van der Waals surface area contributed by atoms with Crippen LogP contribution in [0.4, 0.5) is 11.8 Å². The maximum Gasteiger partial charge on any atom is 0.223 e. The Labute approximate surface area is 95.3 Å². The molecule has 3 N–H and O–H groups in total. The van der Waals surface area contributed by atoms with E-state index in [2.05, 4.69) is 36.1 Å². The number of hydrogen-bond acceptors (Lipinski definition) is 4. The van der Waals surface area contributed by atoms with E-state index in [4.69, 9.17) is 17.3 Å². The largest absolute Gasteiger partial charge is 0.368 e. The summed E-state index contributed by atoms with van der Waals surface area (Å²) in [5.41, 5.74) is 5.50. The van der Waals surface area contributed by atoms with Crippen LogP contribution in [0.5, 0.6) is 0 Å². The number of nitrogen functional groups attached to an aromatic ring is 1. The van der Waals surface area contributed by atoms with E-state index in [1.165, 1.54) is 0 Å². The zero-order valence-corrected chi connectivity index (χ0v) is 10.0. The van der Waals surface area contributed by atoms with E-state index in [0.29, 0.717) is 22.9 Å². The molecule has 15 heavy (non-hydrogen) atoms. The van der Waals surface area contributed by atoms with Crippen molar-refractivity contribution in [3.63, 3.8) is 0 Å². The molecule has 0 saturated carbocycles. The third-order valence-electron chi connectivity index (χ3n) is 2.59. The van der Waals surface area contributed by atoms with Gasteiger partial charge in [-0.05, 0) is 12.8 Å². The molecule has 0 aliphatic carbocycles. The quantitative estimate of drug-likeness (QED) is 0.778. The minimum Gasteiger partial charge on any atom is -0.368 e. The van der Waals surface area contributed by atoms with Gasteiger partial charge >= 0.3 is 0 Å².